The van der Waals surface area contributed by atoms with Crippen LogP contribution in [0.3, 0.4) is 0 Å². The first-order valence-electron chi connectivity index (χ1n) is 10.2. The zero-order valence-corrected chi connectivity index (χ0v) is 16.3. The van der Waals surface area contributed by atoms with Crippen molar-refractivity contribution in [3.8, 4) is 0 Å². The van der Waals surface area contributed by atoms with E-state index in [4.69, 9.17) is 4.74 Å². The number of carbonyl (C=O) groups is 1. The van der Waals surface area contributed by atoms with Gasteiger partial charge in [0.05, 0.1) is 13.2 Å². The third-order valence-electron chi connectivity index (χ3n) is 5.78. The van der Waals surface area contributed by atoms with Gasteiger partial charge in [0, 0.05) is 38.1 Å². The second-order valence-electron chi connectivity index (χ2n) is 7.89. The highest BCUT2D eigenvalue weighted by Gasteiger charge is 2.44. The van der Waals surface area contributed by atoms with Gasteiger partial charge in [-0.1, -0.05) is 54.6 Å². The summed E-state index contributed by atoms with van der Waals surface area (Å²) in [4.78, 5) is 14.7. The van der Waals surface area contributed by atoms with Crippen LogP contribution in [0.2, 0.25) is 0 Å². The highest BCUT2D eigenvalue weighted by atomic mass is 16.5. The fourth-order valence-electron chi connectivity index (χ4n) is 3.86. The molecule has 0 unspecified atom stereocenters. The minimum absolute atomic E-state index is 0.0965. The number of nitrogens with zero attached hydrogens (tertiary/aromatic N) is 1. The highest BCUT2D eigenvalue weighted by Crippen LogP contribution is 2.47. The van der Waals surface area contributed by atoms with Gasteiger partial charge in [-0.15, -0.1) is 0 Å². The summed E-state index contributed by atoms with van der Waals surface area (Å²) >= 11 is 0. The van der Waals surface area contributed by atoms with E-state index >= 15 is 0 Å². The molecule has 148 valence electrons. The lowest BCUT2D eigenvalue weighted by molar-refractivity contribution is 0.0342. The van der Waals surface area contributed by atoms with Crippen LogP contribution in [0, 0.1) is 0 Å². The lowest BCUT2D eigenvalue weighted by atomic mass is 9.96. The Morgan fingerprint density at radius 2 is 1.71 bits per heavy atom. The lowest BCUT2D eigenvalue weighted by Crippen LogP contribution is -2.39. The topological polar surface area (TPSA) is 53.6 Å². The summed E-state index contributed by atoms with van der Waals surface area (Å²) in [5.74, 6) is 0. The van der Waals surface area contributed by atoms with E-state index in [9.17, 15) is 4.79 Å². The van der Waals surface area contributed by atoms with Gasteiger partial charge >= 0.3 is 6.03 Å². The first-order chi connectivity index (χ1) is 13.7. The molecule has 1 aliphatic carbocycles. The van der Waals surface area contributed by atoms with E-state index in [2.05, 4.69) is 64.1 Å². The minimum Gasteiger partial charge on any atom is -0.379 e. The summed E-state index contributed by atoms with van der Waals surface area (Å²) in [6.07, 6.45) is 2.28. The average Bonchev–Trinajstić information content (AvgIpc) is 3.54. The maximum Gasteiger partial charge on any atom is 0.315 e. The van der Waals surface area contributed by atoms with E-state index in [-0.39, 0.29) is 11.4 Å². The fraction of sp³-hybridized carbons (Fsp3) is 0.435. The van der Waals surface area contributed by atoms with Crippen LogP contribution < -0.4 is 10.6 Å². The first kappa shape index (κ1) is 19.0. The average molecular weight is 380 g/mol. The Bertz CT molecular complexity index is 783. The fourth-order valence-corrected chi connectivity index (χ4v) is 3.86. The van der Waals surface area contributed by atoms with E-state index in [0.29, 0.717) is 13.1 Å². The molecule has 5 nitrogen and oxygen atoms in total. The van der Waals surface area contributed by atoms with E-state index < -0.39 is 0 Å². The molecule has 1 saturated heterocycles. The summed E-state index contributed by atoms with van der Waals surface area (Å²) in [7, 11) is 0. The summed E-state index contributed by atoms with van der Waals surface area (Å²) in [6.45, 7) is 5.75. The third kappa shape index (κ3) is 4.91. The number of hydrogen-bond donors (Lipinski definition) is 2. The van der Waals surface area contributed by atoms with Crippen molar-refractivity contribution in [2.24, 2.45) is 0 Å². The Kier molecular flexibility index (Phi) is 5.93. The number of ether oxygens (including phenoxy) is 1. The van der Waals surface area contributed by atoms with Crippen LogP contribution in [-0.4, -0.2) is 43.8 Å². The Morgan fingerprint density at radius 1 is 0.964 bits per heavy atom. The second-order valence-corrected chi connectivity index (χ2v) is 7.89. The van der Waals surface area contributed by atoms with E-state index in [1.165, 1.54) is 11.1 Å². The van der Waals surface area contributed by atoms with Gasteiger partial charge in [0.2, 0.25) is 0 Å². The zero-order chi connectivity index (χ0) is 19.2. The van der Waals surface area contributed by atoms with Gasteiger partial charge < -0.3 is 15.4 Å². The van der Waals surface area contributed by atoms with Crippen molar-refractivity contribution >= 4 is 6.03 Å². The van der Waals surface area contributed by atoms with E-state index in [0.717, 1.165) is 51.3 Å². The number of benzene rings is 2. The molecule has 2 amide bonds. The molecule has 1 heterocycles. The number of amides is 2. The number of urea groups is 1. The van der Waals surface area contributed by atoms with Crippen LogP contribution in [0.25, 0.3) is 0 Å². The Morgan fingerprint density at radius 3 is 2.46 bits per heavy atom. The number of rotatable bonds is 7. The molecule has 0 spiro atoms. The van der Waals surface area contributed by atoms with Gasteiger partial charge in [0.25, 0.3) is 0 Å². The molecule has 0 aromatic heterocycles. The maximum atomic E-state index is 12.3. The summed E-state index contributed by atoms with van der Waals surface area (Å²) in [5.41, 5.74) is 3.87. The van der Waals surface area contributed by atoms with Gasteiger partial charge in [0.15, 0.2) is 0 Å². The number of morpholine rings is 1. The molecule has 1 aliphatic heterocycles. The monoisotopic (exact) mass is 379 g/mol. The van der Waals surface area contributed by atoms with Crippen molar-refractivity contribution in [2.45, 2.75) is 31.3 Å². The van der Waals surface area contributed by atoms with Crippen molar-refractivity contribution in [1.82, 2.24) is 15.5 Å². The number of nitrogens with one attached hydrogen (secondary N) is 2. The second kappa shape index (κ2) is 8.76. The van der Waals surface area contributed by atoms with Gasteiger partial charge in [-0.25, -0.2) is 4.79 Å². The molecule has 2 aromatic carbocycles. The molecular weight excluding hydrogens is 350 g/mol. The van der Waals surface area contributed by atoms with Crippen LogP contribution >= 0.6 is 0 Å². The lowest BCUT2D eigenvalue weighted by Gasteiger charge is -2.26. The molecule has 0 bridgehead atoms. The van der Waals surface area contributed by atoms with Gasteiger partial charge in [-0.05, 0) is 29.5 Å². The summed E-state index contributed by atoms with van der Waals surface area (Å²) in [6, 6.07) is 18.9. The molecule has 5 heteroatoms. The van der Waals surface area contributed by atoms with E-state index in [1.807, 2.05) is 6.07 Å². The van der Waals surface area contributed by atoms with E-state index in [1.54, 1.807) is 0 Å². The van der Waals surface area contributed by atoms with Crippen molar-refractivity contribution in [3.63, 3.8) is 0 Å². The standard InChI is InChI=1S/C23H29N3O2/c27-22(25-18-23(9-10-23)21-7-2-1-3-8-21)24-16-19-5-4-6-20(15-19)17-26-11-13-28-14-12-26/h1-8,15H,9-14,16-18H2,(H2,24,25,27). The molecule has 1 saturated carbocycles. The van der Waals surface area contributed by atoms with Crippen LogP contribution in [0.5, 0.6) is 0 Å². The SMILES string of the molecule is O=C(NCc1cccc(CN2CCOCC2)c1)NCC1(c2ccccc2)CC1. The largest absolute Gasteiger partial charge is 0.379 e. The van der Waals surface area contributed by atoms with Crippen molar-refractivity contribution in [3.05, 3.63) is 71.3 Å². The maximum absolute atomic E-state index is 12.3. The number of carbonyl (C=O) groups excluding carboxylic acids is 1. The Balaban J connectivity index is 1.24. The summed E-state index contributed by atoms with van der Waals surface area (Å²) < 4.78 is 5.41. The number of hydrogen-bond acceptors (Lipinski definition) is 3. The minimum atomic E-state index is -0.0965. The normalized spacial score (nSPS) is 18.4. The summed E-state index contributed by atoms with van der Waals surface area (Å²) in [5, 5.41) is 6.06. The molecule has 2 aliphatic rings. The molecule has 2 N–H and O–H groups in total. The van der Waals surface area contributed by atoms with Crippen LogP contribution in [-0.2, 0) is 23.2 Å². The smallest absolute Gasteiger partial charge is 0.315 e. The van der Waals surface area contributed by atoms with Gasteiger partial charge in [-0.2, -0.15) is 0 Å². The predicted molar refractivity (Wildman–Crippen MR) is 110 cm³/mol. The van der Waals surface area contributed by atoms with Crippen LogP contribution in [0.1, 0.15) is 29.5 Å². The zero-order valence-electron chi connectivity index (χ0n) is 16.3. The molecule has 2 fully saturated rings. The molecule has 2 aromatic rings. The quantitative estimate of drug-likeness (QED) is 0.777. The van der Waals surface area contributed by atoms with Gasteiger partial charge in [0.1, 0.15) is 0 Å². The van der Waals surface area contributed by atoms with Crippen molar-refractivity contribution < 1.29 is 9.53 Å². The molecule has 4 rings (SSSR count). The Hall–Kier alpha value is -2.37. The predicted octanol–water partition coefficient (Wildman–Crippen LogP) is 3.05. The molecule has 28 heavy (non-hydrogen) atoms. The van der Waals surface area contributed by atoms with Crippen LogP contribution in [0.4, 0.5) is 4.79 Å². The van der Waals surface area contributed by atoms with Crippen molar-refractivity contribution in [1.29, 1.82) is 0 Å². The Labute approximate surface area is 167 Å². The molecular formula is C23H29N3O2. The van der Waals surface area contributed by atoms with Crippen molar-refractivity contribution in [2.75, 3.05) is 32.8 Å². The van der Waals surface area contributed by atoms with Gasteiger partial charge in [-0.3, -0.25) is 4.90 Å². The molecule has 0 atom stereocenters. The third-order valence-corrected chi connectivity index (χ3v) is 5.78. The molecule has 0 radical (unpaired) electrons. The highest BCUT2D eigenvalue weighted by molar-refractivity contribution is 5.74. The first-order valence-corrected chi connectivity index (χ1v) is 10.2. The van der Waals surface area contributed by atoms with Crippen LogP contribution in [0.15, 0.2) is 54.6 Å².